The summed E-state index contributed by atoms with van der Waals surface area (Å²) in [6, 6.07) is -0.192. The Morgan fingerprint density at radius 2 is 1.95 bits per heavy atom. The number of piperazine rings is 1. The van der Waals surface area contributed by atoms with E-state index in [0.717, 1.165) is 51.5 Å². The summed E-state index contributed by atoms with van der Waals surface area (Å²) in [5, 5.41) is 3.10. The lowest BCUT2D eigenvalue weighted by atomic mass is 9.88. The minimum absolute atomic E-state index is 0.109. The van der Waals surface area contributed by atoms with E-state index in [1.165, 1.54) is 0 Å². The van der Waals surface area contributed by atoms with Crippen molar-refractivity contribution in [1.82, 2.24) is 10.2 Å². The van der Waals surface area contributed by atoms with Gasteiger partial charge in [-0.15, -0.1) is 0 Å². The SMILES string of the molecule is CCC(C)CN1C(=O)C2(CCCC2)NC(=O)C1C1CC1. The fraction of sp³-hybridized carbons (Fsp3) is 0.875. The van der Waals surface area contributed by atoms with E-state index in [1.54, 1.807) is 0 Å². The molecular formula is C16H26N2O2. The maximum atomic E-state index is 13.0. The third kappa shape index (κ3) is 2.23. The molecule has 112 valence electrons. The molecule has 2 amide bonds. The van der Waals surface area contributed by atoms with Crippen LogP contribution in [0.15, 0.2) is 0 Å². The predicted molar refractivity (Wildman–Crippen MR) is 77.0 cm³/mol. The molecule has 2 unspecified atom stereocenters. The molecule has 3 fully saturated rings. The minimum Gasteiger partial charge on any atom is -0.340 e. The van der Waals surface area contributed by atoms with Crippen LogP contribution in [0.25, 0.3) is 0 Å². The third-order valence-corrected chi connectivity index (χ3v) is 5.37. The van der Waals surface area contributed by atoms with Crippen LogP contribution < -0.4 is 5.32 Å². The maximum Gasteiger partial charge on any atom is 0.249 e. The highest BCUT2D eigenvalue weighted by atomic mass is 16.2. The quantitative estimate of drug-likeness (QED) is 0.856. The van der Waals surface area contributed by atoms with Crippen LogP contribution in [-0.2, 0) is 9.59 Å². The van der Waals surface area contributed by atoms with Gasteiger partial charge in [-0.1, -0.05) is 33.1 Å². The van der Waals surface area contributed by atoms with Gasteiger partial charge in [0.1, 0.15) is 11.6 Å². The summed E-state index contributed by atoms with van der Waals surface area (Å²) in [7, 11) is 0. The standard InChI is InChI=1S/C16H26N2O2/c1-3-11(2)10-18-13(12-6-7-12)14(19)17-16(15(18)20)8-4-5-9-16/h11-13H,3-10H2,1-2H3,(H,17,19). The topological polar surface area (TPSA) is 49.4 Å². The Hall–Kier alpha value is -1.06. The zero-order valence-corrected chi connectivity index (χ0v) is 12.7. The van der Waals surface area contributed by atoms with Crippen LogP contribution in [0, 0.1) is 11.8 Å². The average molecular weight is 278 g/mol. The molecule has 0 aromatic heterocycles. The third-order valence-electron chi connectivity index (χ3n) is 5.37. The monoisotopic (exact) mass is 278 g/mol. The van der Waals surface area contributed by atoms with Crippen molar-refractivity contribution in [2.45, 2.75) is 70.4 Å². The first kappa shape index (κ1) is 13.9. The lowest BCUT2D eigenvalue weighted by molar-refractivity contribution is -0.156. The molecule has 0 radical (unpaired) electrons. The van der Waals surface area contributed by atoms with Crippen molar-refractivity contribution in [3.8, 4) is 0 Å². The first-order valence-electron chi connectivity index (χ1n) is 8.20. The van der Waals surface area contributed by atoms with E-state index in [4.69, 9.17) is 0 Å². The van der Waals surface area contributed by atoms with Gasteiger partial charge in [0.15, 0.2) is 0 Å². The largest absolute Gasteiger partial charge is 0.340 e. The molecule has 20 heavy (non-hydrogen) atoms. The second kappa shape index (κ2) is 5.05. The van der Waals surface area contributed by atoms with E-state index in [1.807, 2.05) is 4.90 Å². The van der Waals surface area contributed by atoms with Crippen LogP contribution in [0.3, 0.4) is 0 Å². The molecule has 0 aromatic rings. The molecule has 4 nitrogen and oxygen atoms in total. The Balaban J connectivity index is 1.86. The second-order valence-corrected chi connectivity index (χ2v) is 7.03. The van der Waals surface area contributed by atoms with Crippen molar-refractivity contribution in [2.75, 3.05) is 6.54 Å². The van der Waals surface area contributed by atoms with Crippen molar-refractivity contribution >= 4 is 11.8 Å². The summed E-state index contributed by atoms with van der Waals surface area (Å²) < 4.78 is 0. The Labute approximate surface area is 121 Å². The molecule has 1 heterocycles. The van der Waals surface area contributed by atoms with E-state index >= 15 is 0 Å². The molecule has 2 aliphatic carbocycles. The summed E-state index contributed by atoms with van der Waals surface area (Å²) >= 11 is 0. The van der Waals surface area contributed by atoms with Crippen LogP contribution in [0.1, 0.15) is 58.8 Å². The first-order valence-corrected chi connectivity index (χ1v) is 8.20. The van der Waals surface area contributed by atoms with Gasteiger partial charge >= 0.3 is 0 Å². The van der Waals surface area contributed by atoms with Gasteiger partial charge < -0.3 is 10.2 Å². The Morgan fingerprint density at radius 1 is 1.30 bits per heavy atom. The van der Waals surface area contributed by atoms with Gasteiger partial charge in [-0.3, -0.25) is 9.59 Å². The average Bonchev–Trinajstić information content (AvgIpc) is 3.15. The molecule has 2 saturated carbocycles. The minimum atomic E-state index is -0.560. The molecule has 1 saturated heterocycles. The first-order chi connectivity index (χ1) is 9.57. The van der Waals surface area contributed by atoms with E-state index in [2.05, 4.69) is 19.2 Å². The van der Waals surface area contributed by atoms with E-state index in [0.29, 0.717) is 11.8 Å². The summed E-state index contributed by atoms with van der Waals surface area (Å²) in [6.45, 7) is 5.06. The van der Waals surface area contributed by atoms with Crippen LogP contribution in [0.4, 0.5) is 0 Å². The Kier molecular flexibility index (Phi) is 3.51. The number of hydrogen-bond acceptors (Lipinski definition) is 2. The Bertz CT molecular complexity index is 411. The summed E-state index contributed by atoms with van der Waals surface area (Å²) in [6.07, 6.45) is 6.99. The molecule has 3 aliphatic rings. The van der Waals surface area contributed by atoms with Crippen LogP contribution in [0.2, 0.25) is 0 Å². The van der Waals surface area contributed by atoms with Crippen molar-refractivity contribution in [2.24, 2.45) is 11.8 Å². The molecule has 3 rings (SSSR count). The number of nitrogens with one attached hydrogen (secondary N) is 1. The van der Waals surface area contributed by atoms with Gasteiger partial charge in [-0.05, 0) is 37.5 Å². The highest BCUT2D eigenvalue weighted by molar-refractivity contribution is 6.00. The molecular weight excluding hydrogens is 252 g/mol. The van der Waals surface area contributed by atoms with Crippen molar-refractivity contribution in [3.63, 3.8) is 0 Å². The number of nitrogens with zero attached hydrogens (tertiary/aromatic N) is 1. The van der Waals surface area contributed by atoms with Crippen LogP contribution >= 0.6 is 0 Å². The number of carbonyl (C=O) groups excluding carboxylic acids is 2. The van der Waals surface area contributed by atoms with Gasteiger partial charge in [0.25, 0.3) is 0 Å². The zero-order valence-electron chi connectivity index (χ0n) is 12.7. The highest BCUT2D eigenvalue weighted by Crippen LogP contribution is 2.42. The smallest absolute Gasteiger partial charge is 0.249 e. The predicted octanol–water partition coefficient (Wildman–Crippen LogP) is 2.08. The van der Waals surface area contributed by atoms with Crippen molar-refractivity contribution in [3.05, 3.63) is 0 Å². The zero-order chi connectivity index (χ0) is 14.3. The van der Waals surface area contributed by atoms with Gasteiger partial charge in [-0.25, -0.2) is 0 Å². The molecule has 0 bridgehead atoms. The summed E-state index contributed by atoms with van der Waals surface area (Å²) in [4.78, 5) is 27.5. The van der Waals surface area contributed by atoms with E-state index in [9.17, 15) is 9.59 Å². The molecule has 1 aliphatic heterocycles. The Morgan fingerprint density at radius 3 is 2.50 bits per heavy atom. The lowest BCUT2D eigenvalue weighted by Crippen LogP contribution is -2.70. The van der Waals surface area contributed by atoms with E-state index in [-0.39, 0.29) is 17.9 Å². The molecule has 2 atom stereocenters. The van der Waals surface area contributed by atoms with Gasteiger partial charge in [-0.2, -0.15) is 0 Å². The summed E-state index contributed by atoms with van der Waals surface area (Å²) in [5.41, 5.74) is -0.560. The fourth-order valence-electron chi connectivity index (χ4n) is 3.77. The van der Waals surface area contributed by atoms with Gasteiger partial charge in [0, 0.05) is 6.54 Å². The number of amides is 2. The molecule has 4 heteroatoms. The van der Waals surface area contributed by atoms with E-state index < -0.39 is 5.54 Å². The van der Waals surface area contributed by atoms with Crippen LogP contribution in [-0.4, -0.2) is 34.8 Å². The summed E-state index contributed by atoms with van der Waals surface area (Å²) in [5.74, 6) is 1.18. The highest BCUT2D eigenvalue weighted by Gasteiger charge is 2.55. The van der Waals surface area contributed by atoms with Crippen molar-refractivity contribution < 1.29 is 9.59 Å². The normalized spacial score (nSPS) is 30.7. The van der Waals surface area contributed by atoms with Crippen LogP contribution in [0.5, 0.6) is 0 Å². The maximum absolute atomic E-state index is 13.0. The molecule has 1 N–H and O–H groups in total. The fourth-order valence-corrected chi connectivity index (χ4v) is 3.77. The number of hydrogen-bond donors (Lipinski definition) is 1. The lowest BCUT2D eigenvalue weighted by Gasteiger charge is -2.45. The number of carbonyl (C=O) groups is 2. The van der Waals surface area contributed by atoms with Gasteiger partial charge in [0.2, 0.25) is 11.8 Å². The second-order valence-electron chi connectivity index (χ2n) is 7.03. The molecule has 0 aromatic carbocycles. The molecule has 1 spiro atoms. The number of rotatable bonds is 4. The van der Waals surface area contributed by atoms with Crippen molar-refractivity contribution in [1.29, 1.82) is 0 Å². The van der Waals surface area contributed by atoms with Gasteiger partial charge in [0.05, 0.1) is 0 Å².